The third kappa shape index (κ3) is 2.53. The fourth-order valence-electron chi connectivity index (χ4n) is 2.68. The van der Waals surface area contributed by atoms with Gasteiger partial charge in [0.2, 0.25) is 0 Å². The van der Waals surface area contributed by atoms with Crippen molar-refractivity contribution in [2.45, 2.75) is 0 Å². The molecule has 23 heavy (non-hydrogen) atoms. The fourth-order valence-corrected chi connectivity index (χ4v) is 2.68. The molecule has 1 aromatic heterocycles. The number of fused-ring (bicyclic) bond motifs is 1. The van der Waals surface area contributed by atoms with E-state index in [2.05, 4.69) is 0 Å². The number of furan rings is 1. The largest absolute Gasteiger partial charge is 0.508 e. The molecule has 4 aromatic rings. The Morgan fingerprint density at radius 2 is 1.35 bits per heavy atom. The number of phenolic OH excluding ortho intramolecular Hbond substituents is 2. The van der Waals surface area contributed by atoms with Gasteiger partial charge >= 0.3 is 0 Å². The van der Waals surface area contributed by atoms with Crippen molar-refractivity contribution in [3.05, 3.63) is 72.8 Å². The van der Waals surface area contributed by atoms with Crippen LogP contribution in [-0.2, 0) is 0 Å². The maximum Gasteiger partial charge on any atom is 0.135 e. The molecule has 0 aliphatic heterocycles. The maximum atomic E-state index is 9.62. The predicted octanol–water partition coefficient (Wildman–Crippen LogP) is 5.18. The molecule has 3 nitrogen and oxygen atoms in total. The Labute approximate surface area is 133 Å². The van der Waals surface area contributed by atoms with Gasteiger partial charge in [-0.2, -0.15) is 0 Å². The molecule has 0 fully saturated rings. The van der Waals surface area contributed by atoms with Crippen molar-refractivity contribution < 1.29 is 14.6 Å². The molecule has 112 valence electrons. The van der Waals surface area contributed by atoms with Crippen LogP contribution in [0, 0.1) is 0 Å². The molecule has 0 spiro atoms. The lowest BCUT2D eigenvalue weighted by Gasteiger charge is -2.02. The summed E-state index contributed by atoms with van der Waals surface area (Å²) in [5, 5.41) is 20.0. The summed E-state index contributed by atoms with van der Waals surface area (Å²) < 4.78 is 5.88. The molecule has 4 rings (SSSR count). The van der Waals surface area contributed by atoms with E-state index in [0.717, 1.165) is 33.4 Å². The van der Waals surface area contributed by atoms with Crippen LogP contribution in [0.4, 0.5) is 0 Å². The Balaban J connectivity index is 1.79. The number of hydrogen-bond donors (Lipinski definition) is 2. The van der Waals surface area contributed by atoms with Gasteiger partial charge in [0.05, 0.1) is 0 Å². The molecule has 2 N–H and O–H groups in total. The summed E-state index contributed by atoms with van der Waals surface area (Å²) in [4.78, 5) is 0. The van der Waals surface area contributed by atoms with Gasteiger partial charge in [0.25, 0.3) is 0 Å². The summed E-state index contributed by atoms with van der Waals surface area (Å²) in [7, 11) is 0. The van der Waals surface area contributed by atoms with E-state index < -0.39 is 0 Å². The third-order valence-electron chi connectivity index (χ3n) is 3.85. The van der Waals surface area contributed by atoms with Gasteiger partial charge in [-0.3, -0.25) is 0 Å². The van der Waals surface area contributed by atoms with Crippen molar-refractivity contribution in [3.8, 4) is 33.9 Å². The number of aromatic hydroxyl groups is 2. The Kier molecular flexibility index (Phi) is 3.05. The Morgan fingerprint density at radius 1 is 0.609 bits per heavy atom. The van der Waals surface area contributed by atoms with E-state index in [9.17, 15) is 10.2 Å². The van der Waals surface area contributed by atoms with Gasteiger partial charge in [0, 0.05) is 10.9 Å². The number of rotatable bonds is 2. The van der Waals surface area contributed by atoms with Crippen molar-refractivity contribution in [2.75, 3.05) is 0 Å². The quantitative estimate of drug-likeness (QED) is 0.536. The van der Waals surface area contributed by atoms with E-state index in [4.69, 9.17) is 4.42 Å². The highest BCUT2D eigenvalue weighted by Gasteiger charge is 2.08. The molecular formula is C20H14O3. The van der Waals surface area contributed by atoms with Gasteiger partial charge in [0.15, 0.2) is 0 Å². The topological polar surface area (TPSA) is 53.6 Å². The molecule has 0 bridgehead atoms. The SMILES string of the molecule is Oc1ccc(-c2cc3cc(-c4cccc(O)c4)ccc3o2)cc1. The van der Waals surface area contributed by atoms with E-state index in [-0.39, 0.29) is 11.5 Å². The summed E-state index contributed by atoms with van der Waals surface area (Å²) in [6.45, 7) is 0. The first-order chi connectivity index (χ1) is 11.2. The van der Waals surface area contributed by atoms with Crippen LogP contribution >= 0.6 is 0 Å². The van der Waals surface area contributed by atoms with E-state index >= 15 is 0 Å². The zero-order chi connectivity index (χ0) is 15.8. The van der Waals surface area contributed by atoms with Crippen LogP contribution in [0.5, 0.6) is 11.5 Å². The molecule has 3 aromatic carbocycles. The second-order valence-corrected chi connectivity index (χ2v) is 5.46. The summed E-state index contributed by atoms with van der Waals surface area (Å²) in [5.41, 5.74) is 3.70. The molecule has 0 amide bonds. The monoisotopic (exact) mass is 302 g/mol. The number of benzene rings is 3. The smallest absolute Gasteiger partial charge is 0.135 e. The molecule has 0 aliphatic rings. The second kappa shape index (κ2) is 5.21. The molecular weight excluding hydrogens is 288 g/mol. The fraction of sp³-hybridized carbons (Fsp3) is 0. The minimum atomic E-state index is 0.232. The molecule has 3 heteroatoms. The lowest BCUT2D eigenvalue weighted by atomic mass is 10.0. The van der Waals surface area contributed by atoms with E-state index in [1.54, 1.807) is 24.3 Å². The molecule has 0 aliphatic carbocycles. The van der Waals surface area contributed by atoms with Gasteiger partial charge in [-0.05, 0) is 65.7 Å². The molecule has 1 heterocycles. The van der Waals surface area contributed by atoms with Gasteiger partial charge in [-0.1, -0.05) is 18.2 Å². The first kappa shape index (κ1) is 13.5. The third-order valence-corrected chi connectivity index (χ3v) is 3.85. The Morgan fingerprint density at radius 3 is 2.13 bits per heavy atom. The summed E-state index contributed by atoms with van der Waals surface area (Å²) in [5.74, 6) is 1.24. The van der Waals surface area contributed by atoms with E-state index in [0.29, 0.717) is 0 Å². The van der Waals surface area contributed by atoms with Gasteiger partial charge in [-0.25, -0.2) is 0 Å². The van der Waals surface area contributed by atoms with Crippen molar-refractivity contribution >= 4 is 11.0 Å². The highest BCUT2D eigenvalue weighted by Crippen LogP contribution is 2.32. The summed E-state index contributed by atoms with van der Waals surface area (Å²) in [6.07, 6.45) is 0. The predicted molar refractivity (Wildman–Crippen MR) is 90.4 cm³/mol. The minimum absolute atomic E-state index is 0.232. The molecule has 0 atom stereocenters. The Bertz CT molecular complexity index is 981. The van der Waals surface area contributed by atoms with Crippen LogP contribution in [0.25, 0.3) is 33.4 Å². The Hall–Kier alpha value is -3.20. The zero-order valence-corrected chi connectivity index (χ0v) is 12.2. The molecule has 0 unspecified atom stereocenters. The van der Waals surface area contributed by atoms with E-state index in [1.165, 1.54) is 0 Å². The van der Waals surface area contributed by atoms with Crippen LogP contribution < -0.4 is 0 Å². The zero-order valence-electron chi connectivity index (χ0n) is 12.2. The second-order valence-electron chi connectivity index (χ2n) is 5.46. The van der Waals surface area contributed by atoms with Crippen LogP contribution in [0.3, 0.4) is 0 Å². The van der Waals surface area contributed by atoms with Crippen molar-refractivity contribution in [3.63, 3.8) is 0 Å². The van der Waals surface area contributed by atoms with Crippen molar-refractivity contribution in [1.29, 1.82) is 0 Å². The molecule has 0 saturated heterocycles. The standard InChI is InChI=1S/C20H14O3/c21-17-7-4-13(5-8-17)20-12-16-10-15(6-9-19(16)23-20)14-2-1-3-18(22)11-14/h1-12,21-22H. The van der Waals surface area contributed by atoms with Gasteiger partial charge in [0.1, 0.15) is 22.8 Å². The van der Waals surface area contributed by atoms with Crippen LogP contribution in [0.15, 0.2) is 77.2 Å². The average molecular weight is 302 g/mol. The summed E-state index contributed by atoms with van der Waals surface area (Å²) >= 11 is 0. The first-order valence-electron chi connectivity index (χ1n) is 7.31. The van der Waals surface area contributed by atoms with Crippen LogP contribution in [-0.4, -0.2) is 10.2 Å². The normalized spacial score (nSPS) is 11.0. The lowest BCUT2D eigenvalue weighted by molar-refractivity contribution is 0.475. The van der Waals surface area contributed by atoms with Crippen LogP contribution in [0.1, 0.15) is 0 Å². The first-order valence-corrected chi connectivity index (χ1v) is 7.31. The number of hydrogen-bond acceptors (Lipinski definition) is 3. The van der Waals surface area contributed by atoms with E-state index in [1.807, 2.05) is 48.5 Å². The van der Waals surface area contributed by atoms with Crippen molar-refractivity contribution in [2.24, 2.45) is 0 Å². The minimum Gasteiger partial charge on any atom is -0.508 e. The number of phenols is 2. The molecule has 0 saturated carbocycles. The van der Waals surface area contributed by atoms with Crippen molar-refractivity contribution in [1.82, 2.24) is 0 Å². The summed E-state index contributed by atoms with van der Waals surface area (Å²) in [6, 6.07) is 22.0. The molecule has 0 radical (unpaired) electrons. The highest BCUT2D eigenvalue weighted by molar-refractivity contribution is 5.87. The highest BCUT2D eigenvalue weighted by atomic mass is 16.3. The van der Waals surface area contributed by atoms with Crippen LogP contribution in [0.2, 0.25) is 0 Å². The van der Waals surface area contributed by atoms with Gasteiger partial charge < -0.3 is 14.6 Å². The lowest BCUT2D eigenvalue weighted by Crippen LogP contribution is -1.76. The average Bonchev–Trinajstić information content (AvgIpc) is 2.98. The van der Waals surface area contributed by atoms with Gasteiger partial charge in [-0.15, -0.1) is 0 Å². The maximum absolute atomic E-state index is 9.62.